The molecule has 1 heterocycles. The Morgan fingerprint density at radius 1 is 1.08 bits per heavy atom. The van der Waals surface area contributed by atoms with Crippen molar-refractivity contribution in [1.82, 2.24) is 4.90 Å². The Bertz CT molecular complexity index is 828. The fourth-order valence-electron chi connectivity index (χ4n) is 2.65. The van der Waals surface area contributed by atoms with E-state index >= 15 is 0 Å². The lowest BCUT2D eigenvalue weighted by molar-refractivity contribution is -0.125. The van der Waals surface area contributed by atoms with Gasteiger partial charge in [0.2, 0.25) is 0 Å². The lowest BCUT2D eigenvalue weighted by atomic mass is 9.98. The van der Waals surface area contributed by atoms with E-state index in [0.29, 0.717) is 23.2 Å². The second-order valence-corrected chi connectivity index (χ2v) is 6.02. The lowest BCUT2D eigenvalue weighted by Gasteiger charge is -2.23. The highest BCUT2D eigenvalue weighted by molar-refractivity contribution is 6.00. The fraction of sp³-hybridized carbons (Fsp3) is 0.211. The summed E-state index contributed by atoms with van der Waals surface area (Å²) in [5, 5.41) is 2.72. The van der Waals surface area contributed by atoms with Crippen LogP contribution in [0.5, 0.6) is 0 Å². The van der Waals surface area contributed by atoms with E-state index in [9.17, 15) is 14.4 Å². The standard InChI is InChI=1S/C19H18N2O4/c1-21(2)18(23)12-7-9-14(10-8-12)20-17(22)16-11-13-5-3-4-6-15(13)19(24)25-16/h3-10,16H,11H2,1-2H3,(H,20,22)/t16-/m1/s1. The topological polar surface area (TPSA) is 75.7 Å². The number of nitrogens with zero attached hydrogens (tertiary/aromatic N) is 1. The molecule has 3 rings (SSSR count). The number of hydrogen-bond donors (Lipinski definition) is 1. The van der Waals surface area contributed by atoms with Crippen molar-refractivity contribution in [3.63, 3.8) is 0 Å². The van der Waals surface area contributed by atoms with Crippen molar-refractivity contribution >= 4 is 23.5 Å². The Hall–Kier alpha value is -3.15. The second kappa shape index (κ2) is 6.76. The average Bonchev–Trinajstić information content (AvgIpc) is 2.61. The highest BCUT2D eigenvalue weighted by Gasteiger charge is 2.31. The molecule has 0 radical (unpaired) electrons. The summed E-state index contributed by atoms with van der Waals surface area (Å²) < 4.78 is 5.23. The fourth-order valence-corrected chi connectivity index (χ4v) is 2.65. The summed E-state index contributed by atoms with van der Waals surface area (Å²) in [4.78, 5) is 37.7. The number of fused-ring (bicyclic) bond motifs is 1. The molecule has 1 aliphatic rings. The first-order valence-electron chi connectivity index (χ1n) is 7.87. The summed E-state index contributed by atoms with van der Waals surface area (Å²) in [6.07, 6.45) is -0.532. The predicted octanol–water partition coefficient (Wildman–Crippen LogP) is 2.11. The molecule has 2 aromatic carbocycles. The van der Waals surface area contributed by atoms with E-state index in [1.165, 1.54) is 4.90 Å². The van der Waals surface area contributed by atoms with Gasteiger partial charge >= 0.3 is 5.97 Å². The van der Waals surface area contributed by atoms with Gasteiger partial charge in [-0.2, -0.15) is 0 Å². The molecule has 0 saturated heterocycles. The van der Waals surface area contributed by atoms with Gasteiger partial charge in [0.15, 0.2) is 6.10 Å². The Kier molecular flexibility index (Phi) is 4.52. The number of hydrogen-bond acceptors (Lipinski definition) is 4. The van der Waals surface area contributed by atoms with Crippen molar-refractivity contribution in [2.24, 2.45) is 0 Å². The number of esters is 1. The van der Waals surface area contributed by atoms with Crippen LogP contribution in [0, 0.1) is 0 Å². The Morgan fingerprint density at radius 2 is 1.76 bits per heavy atom. The Labute approximate surface area is 145 Å². The van der Waals surface area contributed by atoms with Crippen LogP contribution in [0.15, 0.2) is 48.5 Å². The summed E-state index contributed by atoms with van der Waals surface area (Å²) in [6.45, 7) is 0. The van der Waals surface area contributed by atoms with Gasteiger partial charge < -0.3 is 15.0 Å². The first kappa shape index (κ1) is 16.7. The quantitative estimate of drug-likeness (QED) is 0.870. The maximum absolute atomic E-state index is 12.4. The first-order valence-corrected chi connectivity index (χ1v) is 7.87. The molecule has 1 N–H and O–H groups in total. The van der Waals surface area contributed by atoms with E-state index in [2.05, 4.69) is 5.32 Å². The van der Waals surface area contributed by atoms with Gasteiger partial charge in [-0.25, -0.2) is 4.79 Å². The molecular formula is C19H18N2O4. The molecule has 128 valence electrons. The lowest BCUT2D eigenvalue weighted by Crippen LogP contribution is -2.37. The number of rotatable bonds is 3. The molecule has 0 bridgehead atoms. The van der Waals surface area contributed by atoms with Gasteiger partial charge in [0.25, 0.3) is 11.8 Å². The molecule has 25 heavy (non-hydrogen) atoms. The van der Waals surface area contributed by atoms with Crippen molar-refractivity contribution in [3.8, 4) is 0 Å². The van der Waals surface area contributed by atoms with Gasteiger partial charge in [-0.3, -0.25) is 9.59 Å². The van der Waals surface area contributed by atoms with Crippen LogP contribution in [-0.4, -0.2) is 42.9 Å². The third-order valence-electron chi connectivity index (χ3n) is 3.99. The summed E-state index contributed by atoms with van der Waals surface area (Å²) in [7, 11) is 3.35. The van der Waals surface area contributed by atoms with Crippen molar-refractivity contribution < 1.29 is 19.1 Å². The molecule has 6 heteroatoms. The normalized spacial score (nSPS) is 15.8. The van der Waals surface area contributed by atoms with E-state index in [4.69, 9.17) is 4.74 Å². The summed E-state index contributed by atoms with van der Waals surface area (Å²) in [6, 6.07) is 13.7. The number of carbonyl (C=O) groups is 3. The first-order chi connectivity index (χ1) is 12.0. The largest absolute Gasteiger partial charge is 0.448 e. The van der Waals surface area contributed by atoms with Crippen LogP contribution in [0.1, 0.15) is 26.3 Å². The molecule has 2 amide bonds. The zero-order chi connectivity index (χ0) is 18.0. The van der Waals surface area contributed by atoms with Crippen LogP contribution < -0.4 is 5.32 Å². The molecular weight excluding hydrogens is 320 g/mol. The smallest absolute Gasteiger partial charge is 0.339 e. The van der Waals surface area contributed by atoms with Crippen molar-refractivity contribution in [3.05, 3.63) is 65.2 Å². The highest BCUT2D eigenvalue weighted by Crippen LogP contribution is 2.21. The third-order valence-corrected chi connectivity index (χ3v) is 3.99. The van der Waals surface area contributed by atoms with Gasteiger partial charge in [-0.1, -0.05) is 18.2 Å². The van der Waals surface area contributed by atoms with E-state index in [-0.39, 0.29) is 5.91 Å². The van der Waals surface area contributed by atoms with Gasteiger partial charge in [0, 0.05) is 31.8 Å². The number of benzene rings is 2. The average molecular weight is 338 g/mol. The number of amides is 2. The van der Waals surface area contributed by atoms with E-state index in [1.54, 1.807) is 50.5 Å². The van der Waals surface area contributed by atoms with Gasteiger partial charge in [0.1, 0.15) is 0 Å². The number of cyclic esters (lactones) is 1. The van der Waals surface area contributed by atoms with Crippen molar-refractivity contribution in [2.45, 2.75) is 12.5 Å². The zero-order valence-corrected chi connectivity index (χ0v) is 14.0. The zero-order valence-electron chi connectivity index (χ0n) is 14.0. The molecule has 1 atom stereocenters. The molecule has 0 saturated carbocycles. The second-order valence-electron chi connectivity index (χ2n) is 6.02. The molecule has 0 spiro atoms. The van der Waals surface area contributed by atoms with Crippen LogP contribution in [0.4, 0.5) is 5.69 Å². The molecule has 1 aliphatic heterocycles. The minimum Gasteiger partial charge on any atom is -0.448 e. The molecule has 0 fully saturated rings. The van der Waals surface area contributed by atoms with Crippen LogP contribution in [0.3, 0.4) is 0 Å². The van der Waals surface area contributed by atoms with Gasteiger partial charge in [-0.15, -0.1) is 0 Å². The summed E-state index contributed by atoms with van der Waals surface area (Å²) in [5.41, 5.74) is 2.36. The van der Waals surface area contributed by atoms with E-state index < -0.39 is 18.0 Å². The third kappa shape index (κ3) is 3.52. The van der Waals surface area contributed by atoms with E-state index in [1.807, 2.05) is 12.1 Å². The molecule has 0 aromatic heterocycles. The molecule has 2 aromatic rings. The monoisotopic (exact) mass is 338 g/mol. The SMILES string of the molecule is CN(C)C(=O)c1ccc(NC(=O)[C@H]2Cc3ccccc3C(=O)O2)cc1. The van der Waals surface area contributed by atoms with Gasteiger partial charge in [0.05, 0.1) is 5.56 Å². The maximum Gasteiger partial charge on any atom is 0.339 e. The predicted molar refractivity (Wildman–Crippen MR) is 92.4 cm³/mol. The number of carbonyl (C=O) groups excluding carboxylic acids is 3. The maximum atomic E-state index is 12.4. The number of ether oxygens (including phenoxy) is 1. The van der Waals surface area contributed by atoms with Crippen molar-refractivity contribution in [1.29, 1.82) is 0 Å². The van der Waals surface area contributed by atoms with Crippen LogP contribution in [0.25, 0.3) is 0 Å². The Morgan fingerprint density at radius 3 is 2.44 bits per heavy atom. The minimum atomic E-state index is -0.870. The van der Waals surface area contributed by atoms with Crippen molar-refractivity contribution in [2.75, 3.05) is 19.4 Å². The van der Waals surface area contributed by atoms with Crippen LogP contribution >= 0.6 is 0 Å². The summed E-state index contributed by atoms with van der Waals surface area (Å²) in [5.74, 6) is -1.00. The van der Waals surface area contributed by atoms with Crippen LogP contribution in [0.2, 0.25) is 0 Å². The molecule has 0 unspecified atom stereocenters. The van der Waals surface area contributed by atoms with Crippen LogP contribution in [-0.2, 0) is 16.0 Å². The molecule has 6 nitrogen and oxygen atoms in total. The number of nitrogens with one attached hydrogen (secondary N) is 1. The Balaban J connectivity index is 1.69. The minimum absolute atomic E-state index is 0.115. The highest BCUT2D eigenvalue weighted by atomic mass is 16.5. The van der Waals surface area contributed by atoms with E-state index in [0.717, 1.165) is 5.56 Å². The molecule has 0 aliphatic carbocycles. The number of anilines is 1. The summed E-state index contributed by atoms with van der Waals surface area (Å²) >= 11 is 0. The van der Waals surface area contributed by atoms with Gasteiger partial charge in [-0.05, 0) is 35.9 Å².